The van der Waals surface area contributed by atoms with Crippen molar-refractivity contribution in [3.8, 4) is 0 Å². The van der Waals surface area contributed by atoms with Gasteiger partial charge >= 0.3 is 0 Å². The highest BCUT2D eigenvalue weighted by atomic mass is 32.2. The Bertz CT molecular complexity index is 412. The molecule has 0 fully saturated rings. The molecule has 0 aliphatic heterocycles. The number of sulfone groups is 1. The number of benzene rings is 1. The van der Waals surface area contributed by atoms with E-state index >= 15 is 0 Å². The SMILES string of the molecule is CC(C)[C@H](N)CS(=O)(=O)Cc1ccccc1. The molecule has 0 bridgehead atoms. The van der Waals surface area contributed by atoms with Crippen LogP contribution in [0.1, 0.15) is 19.4 Å². The molecule has 4 heteroatoms. The van der Waals surface area contributed by atoms with Gasteiger partial charge in [0.2, 0.25) is 0 Å². The molecular formula is C12H19NO2S. The van der Waals surface area contributed by atoms with Crippen molar-refractivity contribution in [1.82, 2.24) is 0 Å². The predicted molar refractivity (Wildman–Crippen MR) is 66.7 cm³/mol. The molecule has 0 amide bonds. The van der Waals surface area contributed by atoms with Gasteiger partial charge in [0.1, 0.15) is 0 Å². The largest absolute Gasteiger partial charge is 0.327 e. The Balaban J connectivity index is 2.66. The van der Waals surface area contributed by atoms with E-state index in [0.29, 0.717) is 0 Å². The summed E-state index contributed by atoms with van der Waals surface area (Å²) in [4.78, 5) is 0. The zero-order valence-electron chi connectivity index (χ0n) is 9.76. The summed E-state index contributed by atoms with van der Waals surface area (Å²) < 4.78 is 23.7. The molecular weight excluding hydrogens is 222 g/mol. The Labute approximate surface area is 97.6 Å². The van der Waals surface area contributed by atoms with Crippen LogP contribution in [0.2, 0.25) is 0 Å². The summed E-state index contributed by atoms with van der Waals surface area (Å²) in [5, 5.41) is 0. The second-order valence-corrected chi connectivity index (χ2v) is 6.56. The zero-order chi connectivity index (χ0) is 12.2. The molecule has 1 aromatic rings. The van der Waals surface area contributed by atoms with Gasteiger partial charge in [-0.2, -0.15) is 0 Å². The lowest BCUT2D eigenvalue weighted by Crippen LogP contribution is -2.34. The maximum atomic E-state index is 11.8. The van der Waals surface area contributed by atoms with Crippen LogP contribution in [-0.4, -0.2) is 20.2 Å². The Morgan fingerprint density at radius 3 is 2.25 bits per heavy atom. The van der Waals surface area contributed by atoms with Crippen molar-refractivity contribution < 1.29 is 8.42 Å². The van der Waals surface area contributed by atoms with Crippen LogP contribution in [0, 0.1) is 5.92 Å². The number of hydrogen-bond donors (Lipinski definition) is 1. The van der Waals surface area contributed by atoms with Crippen LogP contribution in [0.3, 0.4) is 0 Å². The number of rotatable bonds is 5. The Morgan fingerprint density at radius 1 is 1.19 bits per heavy atom. The molecule has 1 rings (SSSR count). The summed E-state index contributed by atoms with van der Waals surface area (Å²) in [5.74, 6) is 0.318. The van der Waals surface area contributed by atoms with E-state index in [1.54, 1.807) is 0 Å². The van der Waals surface area contributed by atoms with Crippen LogP contribution in [0.25, 0.3) is 0 Å². The van der Waals surface area contributed by atoms with Gasteiger partial charge in [-0.3, -0.25) is 0 Å². The van der Waals surface area contributed by atoms with Gasteiger partial charge in [-0.1, -0.05) is 44.2 Å². The van der Waals surface area contributed by atoms with Crippen molar-refractivity contribution in [2.45, 2.75) is 25.6 Å². The Kier molecular flexibility index (Phi) is 4.50. The molecule has 2 N–H and O–H groups in total. The average molecular weight is 241 g/mol. The van der Waals surface area contributed by atoms with Gasteiger partial charge in [0.25, 0.3) is 0 Å². The Morgan fingerprint density at radius 2 is 1.75 bits per heavy atom. The van der Waals surface area contributed by atoms with Gasteiger partial charge in [0.15, 0.2) is 9.84 Å². The van der Waals surface area contributed by atoms with E-state index in [9.17, 15) is 8.42 Å². The van der Waals surface area contributed by atoms with Gasteiger partial charge in [0, 0.05) is 6.04 Å². The molecule has 1 aromatic carbocycles. The second-order valence-electron chi connectivity index (χ2n) is 4.45. The fraction of sp³-hybridized carbons (Fsp3) is 0.500. The van der Waals surface area contributed by atoms with Crippen LogP contribution < -0.4 is 5.73 Å². The zero-order valence-corrected chi connectivity index (χ0v) is 10.6. The summed E-state index contributed by atoms with van der Waals surface area (Å²) in [6.45, 7) is 3.87. The third-order valence-electron chi connectivity index (χ3n) is 2.53. The summed E-state index contributed by atoms with van der Waals surface area (Å²) in [6.07, 6.45) is 0. The summed E-state index contributed by atoms with van der Waals surface area (Å²) in [7, 11) is -3.10. The van der Waals surface area contributed by atoms with Crippen LogP contribution in [0.5, 0.6) is 0 Å². The van der Waals surface area contributed by atoms with Crippen LogP contribution in [0.4, 0.5) is 0 Å². The standard InChI is InChI=1S/C12H19NO2S/c1-10(2)12(13)9-16(14,15)8-11-6-4-3-5-7-11/h3-7,10,12H,8-9,13H2,1-2H3/t12-/m1/s1. The first-order valence-corrected chi connectivity index (χ1v) is 7.23. The molecule has 0 saturated heterocycles. The molecule has 0 aromatic heterocycles. The third kappa shape index (κ3) is 4.33. The summed E-state index contributed by atoms with van der Waals surface area (Å²) >= 11 is 0. The van der Waals surface area contributed by atoms with Gasteiger partial charge in [-0.05, 0) is 11.5 Å². The van der Waals surface area contributed by atoms with E-state index in [2.05, 4.69) is 0 Å². The molecule has 16 heavy (non-hydrogen) atoms. The first kappa shape index (κ1) is 13.2. The number of nitrogens with two attached hydrogens (primary N) is 1. The van der Waals surface area contributed by atoms with Crippen molar-refractivity contribution in [2.75, 3.05) is 5.75 Å². The molecule has 0 aliphatic carbocycles. The minimum atomic E-state index is -3.10. The molecule has 90 valence electrons. The molecule has 0 radical (unpaired) electrons. The normalized spacial score (nSPS) is 14.0. The van der Waals surface area contributed by atoms with Gasteiger partial charge in [0.05, 0.1) is 11.5 Å². The number of hydrogen-bond acceptors (Lipinski definition) is 3. The highest BCUT2D eigenvalue weighted by molar-refractivity contribution is 7.90. The molecule has 1 atom stereocenters. The lowest BCUT2D eigenvalue weighted by molar-refractivity contribution is 0.516. The van der Waals surface area contributed by atoms with Crippen molar-refractivity contribution in [3.63, 3.8) is 0 Å². The lowest BCUT2D eigenvalue weighted by atomic mass is 10.1. The average Bonchev–Trinajstić information content (AvgIpc) is 2.17. The highest BCUT2D eigenvalue weighted by Gasteiger charge is 2.18. The molecule has 0 heterocycles. The fourth-order valence-electron chi connectivity index (χ4n) is 1.37. The lowest BCUT2D eigenvalue weighted by Gasteiger charge is -2.15. The second kappa shape index (κ2) is 5.46. The highest BCUT2D eigenvalue weighted by Crippen LogP contribution is 2.09. The first-order valence-electron chi connectivity index (χ1n) is 5.40. The maximum Gasteiger partial charge on any atom is 0.155 e. The van der Waals surface area contributed by atoms with Crippen LogP contribution in [0.15, 0.2) is 30.3 Å². The van der Waals surface area contributed by atoms with Crippen molar-refractivity contribution in [3.05, 3.63) is 35.9 Å². The van der Waals surface area contributed by atoms with Crippen LogP contribution >= 0.6 is 0 Å². The smallest absolute Gasteiger partial charge is 0.155 e. The maximum absolute atomic E-state index is 11.8. The monoisotopic (exact) mass is 241 g/mol. The molecule has 3 nitrogen and oxygen atoms in total. The molecule has 0 spiro atoms. The Hall–Kier alpha value is -0.870. The fourth-order valence-corrected chi connectivity index (χ4v) is 3.16. The van der Waals surface area contributed by atoms with E-state index in [-0.39, 0.29) is 23.5 Å². The minimum Gasteiger partial charge on any atom is -0.327 e. The summed E-state index contributed by atoms with van der Waals surface area (Å²) in [6, 6.07) is 8.90. The molecule has 0 unspecified atom stereocenters. The minimum absolute atomic E-state index is 0.0551. The summed E-state index contributed by atoms with van der Waals surface area (Å²) in [5.41, 5.74) is 6.60. The molecule has 0 aliphatic rings. The first-order chi connectivity index (χ1) is 7.41. The van der Waals surface area contributed by atoms with Crippen LogP contribution in [-0.2, 0) is 15.6 Å². The van der Waals surface area contributed by atoms with Gasteiger partial charge in [-0.15, -0.1) is 0 Å². The topological polar surface area (TPSA) is 60.2 Å². The van der Waals surface area contributed by atoms with E-state index in [1.807, 2.05) is 44.2 Å². The van der Waals surface area contributed by atoms with Crippen molar-refractivity contribution >= 4 is 9.84 Å². The van der Waals surface area contributed by atoms with E-state index in [1.165, 1.54) is 0 Å². The van der Waals surface area contributed by atoms with Crippen molar-refractivity contribution in [1.29, 1.82) is 0 Å². The van der Waals surface area contributed by atoms with E-state index < -0.39 is 9.84 Å². The predicted octanol–water partition coefficient (Wildman–Crippen LogP) is 1.58. The van der Waals surface area contributed by atoms with Gasteiger partial charge in [-0.25, -0.2) is 8.42 Å². The van der Waals surface area contributed by atoms with Gasteiger partial charge < -0.3 is 5.73 Å². The quantitative estimate of drug-likeness (QED) is 0.851. The third-order valence-corrected chi connectivity index (χ3v) is 4.20. The van der Waals surface area contributed by atoms with E-state index in [0.717, 1.165) is 5.56 Å². The van der Waals surface area contributed by atoms with Crippen molar-refractivity contribution in [2.24, 2.45) is 11.7 Å². The van der Waals surface area contributed by atoms with E-state index in [4.69, 9.17) is 5.73 Å². The molecule has 0 saturated carbocycles.